The van der Waals surface area contributed by atoms with Crippen LogP contribution >= 0.6 is 0 Å². The highest BCUT2D eigenvalue weighted by Crippen LogP contribution is 2.12. The van der Waals surface area contributed by atoms with Gasteiger partial charge < -0.3 is 15.3 Å². The molecule has 1 aromatic carbocycles. The Hall–Kier alpha value is -2.40. The number of hydrogen-bond donors (Lipinski definition) is 2. The van der Waals surface area contributed by atoms with E-state index < -0.39 is 0 Å². The molecule has 0 aliphatic heterocycles. The first kappa shape index (κ1) is 15.0. The topological polar surface area (TPSA) is 65.5 Å². The minimum Gasteiger partial charge on any atom is -0.395 e. The van der Waals surface area contributed by atoms with E-state index in [9.17, 15) is 4.79 Å². The third-order valence-electron chi connectivity index (χ3n) is 3.15. The minimum absolute atomic E-state index is 0.0638. The normalized spacial score (nSPS) is 10.2. The fraction of sp³-hybridized carbons (Fsp3) is 0.250. The molecule has 2 rings (SSSR count). The molecule has 2 N–H and O–H groups in total. The summed E-state index contributed by atoms with van der Waals surface area (Å²) in [6, 6.07) is 13.2. The van der Waals surface area contributed by atoms with Crippen molar-refractivity contribution in [1.82, 2.24) is 10.3 Å². The SMILES string of the molecule is CN(CCO)c1ccnc(C(=O)NCc2ccccc2)c1. The number of likely N-dealkylation sites (N-methyl/N-ethyl adjacent to an activating group) is 1. The summed E-state index contributed by atoms with van der Waals surface area (Å²) >= 11 is 0. The lowest BCUT2D eigenvalue weighted by Gasteiger charge is -2.18. The van der Waals surface area contributed by atoms with E-state index in [0.29, 0.717) is 18.8 Å². The molecule has 1 heterocycles. The molecule has 0 saturated carbocycles. The second-order valence-corrected chi connectivity index (χ2v) is 4.71. The maximum Gasteiger partial charge on any atom is 0.270 e. The summed E-state index contributed by atoms with van der Waals surface area (Å²) in [7, 11) is 1.86. The first-order chi connectivity index (χ1) is 10.2. The summed E-state index contributed by atoms with van der Waals surface area (Å²) in [5, 5.41) is 11.8. The van der Waals surface area contributed by atoms with Gasteiger partial charge in [0.15, 0.2) is 0 Å². The van der Waals surface area contributed by atoms with Crippen molar-refractivity contribution in [3.8, 4) is 0 Å². The fourth-order valence-electron chi connectivity index (χ4n) is 1.93. The molecule has 0 spiro atoms. The molecular formula is C16H19N3O2. The third-order valence-corrected chi connectivity index (χ3v) is 3.15. The average molecular weight is 285 g/mol. The van der Waals surface area contributed by atoms with Crippen LogP contribution in [0.2, 0.25) is 0 Å². The summed E-state index contributed by atoms with van der Waals surface area (Å²) < 4.78 is 0. The van der Waals surface area contributed by atoms with Crippen molar-refractivity contribution < 1.29 is 9.90 Å². The van der Waals surface area contributed by atoms with Gasteiger partial charge in [-0.2, -0.15) is 0 Å². The average Bonchev–Trinajstić information content (AvgIpc) is 2.54. The molecule has 110 valence electrons. The van der Waals surface area contributed by atoms with E-state index in [2.05, 4.69) is 10.3 Å². The fourth-order valence-corrected chi connectivity index (χ4v) is 1.93. The number of anilines is 1. The number of aromatic nitrogens is 1. The number of carbonyl (C=O) groups excluding carboxylic acids is 1. The number of aliphatic hydroxyl groups is 1. The van der Waals surface area contributed by atoms with E-state index in [1.54, 1.807) is 12.3 Å². The maximum atomic E-state index is 12.1. The Kier molecular flexibility index (Phi) is 5.29. The van der Waals surface area contributed by atoms with Crippen molar-refractivity contribution in [3.05, 3.63) is 59.9 Å². The number of amides is 1. The predicted molar refractivity (Wildman–Crippen MR) is 82.2 cm³/mol. The van der Waals surface area contributed by atoms with E-state index in [4.69, 9.17) is 5.11 Å². The first-order valence-electron chi connectivity index (χ1n) is 6.81. The lowest BCUT2D eigenvalue weighted by Crippen LogP contribution is -2.25. The van der Waals surface area contributed by atoms with Gasteiger partial charge in [0.05, 0.1) is 6.61 Å². The van der Waals surface area contributed by atoms with Gasteiger partial charge in [-0.1, -0.05) is 30.3 Å². The van der Waals surface area contributed by atoms with Crippen molar-refractivity contribution in [1.29, 1.82) is 0 Å². The van der Waals surface area contributed by atoms with Crippen molar-refractivity contribution in [2.45, 2.75) is 6.54 Å². The monoisotopic (exact) mass is 285 g/mol. The molecule has 0 atom stereocenters. The van der Waals surface area contributed by atoms with Crippen LogP contribution in [0.3, 0.4) is 0 Å². The molecule has 2 aromatic rings. The van der Waals surface area contributed by atoms with Gasteiger partial charge in [-0.15, -0.1) is 0 Å². The lowest BCUT2D eigenvalue weighted by molar-refractivity contribution is 0.0946. The molecule has 0 fully saturated rings. The summed E-state index contributed by atoms with van der Waals surface area (Å²) in [6.45, 7) is 1.04. The van der Waals surface area contributed by atoms with Gasteiger partial charge >= 0.3 is 0 Å². The Bertz CT molecular complexity index is 587. The molecule has 0 saturated heterocycles. The molecule has 0 radical (unpaired) electrons. The van der Waals surface area contributed by atoms with Crippen molar-refractivity contribution >= 4 is 11.6 Å². The van der Waals surface area contributed by atoms with Crippen LogP contribution in [0.1, 0.15) is 16.1 Å². The van der Waals surface area contributed by atoms with Crippen LogP contribution in [0.25, 0.3) is 0 Å². The lowest BCUT2D eigenvalue weighted by atomic mass is 10.2. The Labute approximate surface area is 124 Å². The summed E-state index contributed by atoms with van der Waals surface area (Å²) in [6.07, 6.45) is 1.60. The van der Waals surface area contributed by atoms with E-state index in [-0.39, 0.29) is 12.5 Å². The Morgan fingerprint density at radius 3 is 2.76 bits per heavy atom. The van der Waals surface area contributed by atoms with Crippen LogP contribution in [0.15, 0.2) is 48.7 Å². The van der Waals surface area contributed by atoms with E-state index >= 15 is 0 Å². The smallest absolute Gasteiger partial charge is 0.270 e. The quantitative estimate of drug-likeness (QED) is 0.843. The highest BCUT2D eigenvalue weighted by Gasteiger charge is 2.09. The van der Waals surface area contributed by atoms with E-state index in [1.165, 1.54) is 0 Å². The minimum atomic E-state index is -0.210. The number of nitrogens with zero attached hydrogens (tertiary/aromatic N) is 2. The highest BCUT2D eigenvalue weighted by atomic mass is 16.3. The maximum absolute atomic E-state index is 12.1. The standard InChI is InChI=1S/C16H19N3O2/c1-19(9-10-20)14-7-8-17-15(11-14)16(21)18-12-13-5-3-2-4-6-13/h2-8,11,20H,9-10,12H2,1H3,(H,18,21). The van der Waals surface area contributed by atoms with Crippen LogP contribution in [0.4, 0.5) is 5.69 Å². The van der Waals surface area contributed by atoms with Gasteiger partial charge in [-0.05, 0) is 17.7 Å². The van der Waals surface area contributed by atoms with Crippen LogP contribution in [0.5, 0.6) is 0 Å². The molecule has 1 aromatic heterocycles. The number of nitrogens with one attached hydrogen (secondary N) is 1. The van der Waals surface area contributed by atoms with E-state index in [1.807, 2.05) is 48.3 Å². The molecule has 0 unspecified atom stereocenters. The second-order valence-electron chi connectivity index (χ2n) is 4.71. The third kappa shape index (κ3) is 4.29. The molecule has 21 heavy (non-hydrogen) atoms. The number of benzene rings is 1. The highest BCUT2D eigenvalue weighted by molar-refractivity contribution is 5.93. The molecule has 0 aliphatic rings. The van der Waals surface area contributed by atoms with Crippen molar-refractivity contribution in [2.24, 2.45) is 0 Å². The predicted octanol–water partition coefficient (Wildman–Crippen LogP) is 1.44. The summed E-state index contributed by atoms with van der Waals surface area (Å²) in [4.78, 5) is 18.1. The van der Waals surface area contributed by atoms with Crippen molar-refractivity contribution in [2.75, 3.05) is 25.1 Å². The Morgan fingerprint density at radius 1 is 1.29 bits per heavy atom. The Balaban J connectivity index is 2.00. The molecule has 5 heteroatoms. The van der Waals surface area contributed by atoms with Gasteiger partial charge in [0.1, 0.15) is 5.69 Å². The van der Waals surface area contributed by atoms with Gasteiger partial charge in [0.2, 0.25) is 0 Å². The van der Waals surface area contributed by atoms with Gasteiger partial charge in [0, 0.05) is 32.0 Å². The van der Waals surface area contributed by atoms with Crippen molar-refractivity contribution in [3.63, 3.8) is 0 Å². The molecule has 0 aliphatic carbocycles. The van der Waals surface area contributed by atoms with Crippen LogP contribution in [-0.2, 0) is 6.54 Å². The number of aliphatic hydroxyl groups excluding tert-OH is 1. The largest absolute Gasteiger partial charge is 0.395 e. The molecule has 5 nitrogen and oxygen atoms in total. The zero-order valence-electron chi connectivity index (χ0n) is 12.0. The molecule has 1 amide bonds. The van der Waals surface area contributed by atoms with Gasteiger partial charge in [-0.25, -0.2) is 0 Å². The van der Waals surface area contributed by atoms with E-state index in [0.717, 1.165) is 11.3 Å². The summed E-state index contributed by atoms with van der Waals surface area (Å²) in [5.41, 5.74) is 2.26. The molecule has 0 bridgehead atoms. The van der Waals surface area contributed by atoms with Crippen LogP contribution in [0, 0.1) is 0 Å². The number of pyridine rings is 1. The summed E-state index contributed by atoms with van der Waals surface area (Å²) in [5.74, 6) is -0.210. The van der Waals surface area contributed by atoms with Gasteiger partial charge in [-0.3, -0.25) is 9.78 Å². The van der Waals surface area contributed by atoms with Gasteiger partial charge in [0.25, 0.3) is 5.91 Å². The number of rotatable bonds is 6. The Morgan fingerprint density at radius 2 is 2.05 bits per heavy atom. The van der Waals surface area contributed by atoms with Crippen LogP contribution < -0.4 is 10.2 Å². The number of carbonyl (C=O) groups is 1. The number of hydrogen-bond acceptors (Lipinski definition) is 4. The molecular weight excluding hydrogens is 266 g/mol. The zero-order valence-corrected chi connectivity index (χ0v) is 12.0. The zero-order chi connectivity index (χ0) is 15.1. The second kappa shape index (κ2) is 7.40. The van der Waals surface area contributed by atoms with Crippen LogP contribution in [-0.4, -0.2) is 36.2 Å². The first-order valence-corrected chi connectivity index (χ1v) is 6.81.